The molecule has 0 amide bonds. The molecule has 0 saturated heterocycles. The molecule has 2 nitrogen and oxygen atoms in total. The lowest BCUT2D eigenvalue weighted by Gasteiger charge is -2.39. The van der Waals surface area contributed by atoms with Crippen molar-refractivity contribution in [3.63, 3.8) is 0 Å². The number of hydrogen-bond donors (Lipinski definition) is 0. The molecule has 0 aliphatic rings. The molecule has 40 heavy (non-hydrogen) atoms. The Bertz CT molecular complexity index is 361. The van der Waals surface area contributed by atoms with Crippen LogP contribution in [-0.4, -0.2) is 61.3 Å². The summed E-state index contributed by atoms with van der Waals surface area (Å²) in [6.07, 6.45) is 28.0. The van der Waals surface area contributed by atoms with E-state index in [2.05, 4.69) is 55.4 Å². The molecule has 0 radical (unpaired) electrons. The first-order valence-electron chi connectivity index (χ1n) is 18.2. The van der Waals surface area contributed by atoms with Gasteiger partial charge in [0.05, 0.1) is 52.4 Å². The van der Waals surface area contributed by atoms with E-state index in [9.17, 15) is 0 Å². The summed E-state index contributed by atoms with van der Waals surface area (Å²) in [5, 5.41) is 0. The number of halogens is 2. The van der Waals surface area contributed by atoms with Gasteiger partial charge in [0.15, 0.2) is 0 Å². The van der Waals surface area contributed by atoms with E-state index in [1.54, 1.807) is 0 Å². The van der Waals surface area contributed by atoms with E-state index in [0.29, 0.717) is 0 Å². The summed E-state index contributed by atoms with van der Waals surface area (Å²) in [5.74, 6) is 0. The lowest BCUT2D eigenvalue weighted by atomic mass is 10.1. The normalized spacial score (nSPS) is 11.4. The molecule has 0 aliphatic heterocycles. The summed E-state index contributed by atoms with van der Waals surface area (Å²) < 4.78 is 2.86. The van der Waals surface area contributed by atoms with Crippen molar-refractivity contribution < 1.29 is 42.9 Å². The lowest BCUT2D eigenvalue weighted by molar-refractivity contribution is -0.929. The van der Waals surface area contributed by atoms with Gasteiger partial charge in [0.25, 0.3) is 0 Å². The smallest absolute Gasteiger partial charge is 0.0786 e. The van der Waals surface area contributed by atoms with Crippen LogP contribution in [-0.2, 0) is 0 Å². The zero-order valence-corrected chi connectivity index (χ0v) is 32.6. The average Bonchev–Trinajstić information content (AvgIpc) is 2.93. The topological polar surface area (TPSA) is 0 Å². The van der Waals surface area contributed by atoms with E-state index in [0.717, 1.165) is 0 Å². The summed E-state index contributed by atoms with van der Waals surface area (Å²) in [7, 11) is 0. The van der Waals surface area contributed by atoms with Gasteiger partial charge in [0.1, 0.15) is 0 Å². The van der Waals surface area contributed by atoms with Gasteiger partial charge in [0, 0.05) is 0 Å². The van der Waals surface area contributed by atoms with Crippen LogP contribution < -0.4 is 34.0 Å². The maximum atomic E-state index is 2.33. The van der Waals surface area contributed by atoms with Crippen molar-refractivity contribution in [1.82, 2.24) is 0 Å². The van der Waals surface area contributed by atoms with Gasteiger partial charge >= 0.3 is 0 Å². The highest BCUT2D eigenvalue weighted by Crippen LogP contribution is 2.19. The molecule has 0 aromatic heterocycles. The minimum absolute atomic E-state index is 0. The van der Waals surface area contributed by atoms with Crippen LogP contribution in [0.5, 0.6) is 0 Å². The van der Waals surface area contributed by atoms with Gasteiger partial charge in [-0.2, -0.15) is 0 Å². The Morgan fingerprint density at radius 1 is 0.225 bits per heavy atom. The fourth-order valence-electron chi connectivity index (χ4n) is 6.10. The lowest BCUT2D eigenvalue weighted by Crippen LogP contribution is -3.00. The van der Waals surface area contributed by atoms with Crippen molar-refractivity contribution in [3.05, 3.63) is 0 Å². The third-order valence-electron chi connectivity index (χ3n) is 8.89. The van der Waals surface area contributed by atoms with Crippen LogP contribution in [0.1, 0.15) is 184 Å². The second kappa shape index (κ2) is 36.1. The molecule has 0 saturated carbocycles. The maximum absolute atomic E-state index is 2.33. The number of hydrogen-bond acceptors (Lipinski definition) is 0. The van der Waals surface area contributed by atoms with Crippen molar-refractivity contribution in [2.75, 3.05) is 52.4 Å². The number of nitrogens with zero attached hydrogens (tertiary/aromatic N) is 2. The van der Waals surface area contributed by atoms with Crippen molar-refractivity contribution in [3.8, 4) is 0 Å². The Balaban J connectivity index is -0.000000315. The van der Waals surface area contributed by atoms with Gasteiger partial charge in [-0.25, -0.2) is 0 Å². The van der Waals surface area contributed by atoms with E-state index in [1.807, 2.05) is 0 Å². The van der Waals surface area contributed by atoms with Gasteiger partial charge in [-0.05, 0) is 77.0 Å². The molecular weight excluding hydrogens is 620 g/mol. The van der Waals surface area contributed by atoms with Crippen molar-refractivity contribution in [2.45, 2.75) is 184 Å². The second-order valence-corrected chi connectivity index (χ2v) is 12.7. The number of quaternary nitrogens is 2. The molecule has 0 atom stereocenters. The standard InChI is InChI=1S/C20H44N.C16H36N.2BrH/c1-5-9-13-17-21(18-14-10-6-2,19-15-11-7-3)20-16-12-8-4;1-5-9-13-17(14-10-6-2,15-11-7-3)16-12-8-4;;/h5-20H2,1-4H3;5-16H2,1-4H3;2*1H/q2*+1;;/p-2. The highest BCUT2D eigenvalue weighted by atomic mass is 79.9. The molecular formula is C36H80Br2N2. The summed E-state index contributed by atoms with van der Waals surface area (Å²) in [5.41, 5.74) is 0. The van der Waals surface area contributed by atoms with Gasteiger partial charge < -0.3 is 42.9 Å². The van der Waals surface area contributed by atoms with E-state index in [-0.39, 0.29) is 34.0 Å². The Hall–Kier alpha value is 0.880. The minimum Gasteiger partial charge on any atom is -1.00 e. The summed E-state index contributed by atoms with van der Waals surface area (Å²) >= 11 is 0. The number of rotatable bonds is 28. The molecule has 248 valence electrons. The van der Waals surface area contributed by atoms with Crippen molar-refractivity contribution in [1.29, 1.82) is 0 Å². The van der Waals surface area contributed by atoms with E-state index < -0.39 is 0 Å². The first-order valence-corrected chi connectivity index (χ1v) is 18.2. The van der Waals surface area contributed by atoms with Crippen LogP contribution in [0.4, 0.5) is 0 Å². The molecule has 0 fully saturated rings. The SMILES string of the molecule is CCCCC[N+](CCCCC)(CCCCC)CCCCC.CCCC[N+](CCCC)(CCCC)CCCC.[Br-].[Br-]. The zero-order valence-electron chi connectivity index (χ0n) is 29.4. The van der Waals surface area contributed by atoms with Crippen molar-refractivity contribution in [2.24, 2.45) is 0 Å². The van der Waals surface area contributed by atoms with Crippen LogP contribution in [0, 0.1) is 0 Å². The average molecular weight is 701 g/mol. The third-order valence-corrected chi connectivity index (χ3v) is 8.89. The predicted octanol–water partition coefficient (Wildman–Crippen LogP) is 5.58. The molecule has 4 heteroatoms. The first kappa shape index (κ1) is 47.8. The van der Waals surface area contributed by atoms with Crippen molar-refractivity contribution >= 4 is 0 Å². The quantitative estimate of drug-likeness (QED) is 0.0740. The van der Waals surface area contributed by atoms with E-state index >= 15 is 0 Å². The molecule has 0 aromatic rings. The number of unbranched alkanes of at least 4 members (excludes halogenated alkanes) is 12. The Morgan fingerprint density at radius 3 is 0.525 bits per heavy atom. The van der Waals surface area contributed by atoms with Crippen LogP contribution in [0.15, 0.2) is 0 Å². The zero-order chi connectivity index (χ0) is 28.8. The van der Waals surface area contributed by atoms with Crippen LogP contribution in [0.25, 0.3) is 0 Å². The molecule has 0 bridgehead atoms. The molecule has 0 heterocycles. The van der Waals surface area contributed by atoms with Crippen LogP contribution in [0.3, 0.4) is 0 Å². The molecule has 0 unspecified atom stereocenters. The molecule has 0 rings (SSSR count). The highest BCUT2D eigenvalue weighted by Gasteiger charge is 2.26. The Kier molecular flexibility index (Phi) is 43.1. The molecule has 0 N–H and O–H groups in total. The molecule has 0 spiro atoms. The van der Waals surface area contributed by atoms with Gasteiger partial charge in [-0.3, -0.25) is 0 Å². The molecule has 0 aromatic carbocycles. The third kappa shape index (κ3) is 27.7. The minimum atomic E-state index is 0. The van der Waals surface area contributed by atoms with Crippen LogP contribution in [0.2, 0.25) is 0 Å². The van der Waals surface area contributed by atoms with E-state index in [1.165, 1.54) is 190 Å². The first-order chi connectivity index (χ1) is 18.5. The highest BCUT2D eigenvalue weighted by molar-refractivity contribution is 4.52. The molecule has 0 aliphatic carbocycles. The Morgan fingerprint density at radius 2 is 0.375 bits per heavy atom. The monoisotopic (exact) mass is 698 g/mol. The van der Waals surface area contributed by atoms with Gasteiger partial charge in [-0.1, -0.05) is 107 Å². The van der Waals surface area contributed by atoms with Gasteiger partial charge in [-0.15, -0.1) is 0 Å². The van der Waals surface area contributed by atoms with Crippen LogP contribution >= 0.6 is 0 Å². The summed E-state index contributed by atoms with van der Waals surface area (Å²) in [6.45, 7) is 30.1. The summed E-state index contributed by atoms with van der Waals surface area (Å²) in [4.78, 5) is 0. The fraction of sp³-hybridized carbons (Fsp3) is 1.00. The fourth-order valence-corrected chi connectivity index (χ4v) is 6.10. The van der Waals surface area contributed by atoms with Gasteiger partial charge in [0.2, 0.25) is 0 Å². The maximum Gasteiger partial charge on any atom is 0.0786 e. The van der Waals surface area contributed by atoms with E-state index in [4.69, 9.17) is 0 Å². The predicted molar refractivity (Wildman–Crippen MR) is 177 cm³/mol. The second-order valence-electron chi connectivity index (χ2n) is 12.7. The summed E-state index contributed by atoms with van der Waals surface area (Å²) in [6, 6.07) is 0. The largest absolute Gasteiger partial charge is 1.00 e. The Labute approximate surface area is 277 Å².